The first-order valence-electron chi connectivity index (χ1n) is 5.92. The summed E-state index contributed by atoms with van der Waals surface area (Å²) >= 11 is 7.97. The maximum Gasteiger partial charge on any atom is 0.164 e. The molecule has 0 amide bonds. The SMILES string of the molecule is Cc1ccncc1-c1nc(Cl)c2c(C)c(C)sc2n1. The lowest BCUT2D eigenvalue weighted by atomic mass is 10.1. The number of aromatic nitrogens is 3. The van der Waals surface area contributed by atoms with Gasteiger partial charge in [-0.15, -0.1) is 11.3 Å². The van der Waals surface area contributed by atoms with Gasteiger partial charge in [-0.3, -0.25) is 4.98 Å². The molecule has 0 aliphatic rings. The molecule has 96 valence electrons. The van der Waals surface area contributed by atoms with Gasteiger partial charge in [-0.1, -0.05) is 11.6 Å². The van der Waals surface area contributed by atoms with Gasteiger partial charge in [0, 0.05) is 22.8 Å². The van der Waals surface area contributed by atoms with Gasteiger partial charge in [0.1, 0.15) is 9.98 Å². The first-order valence-corrected chi connectivity index (χ1v) is 7.11. The average molecular weight is 290 g/mol. The van der Waals surface area contributed by atoms with Crippen molar-refractivity contribution < 1.29 is 0 Å². The fourth-order valence-electron chi connectivity index (χ4n) is 2.02. The Morgan fingerprint density at radius 2 is 1.95 bits per heavy atom. The Bertz CT molecular complexity index is 780. The fourth-order valence-corrected chi connectivity index (χ4v) is 3.42. The van der Waals surface area contributed by atoms with Crippen molar-refractivity contribution in [3.05, 3.63) is 39.6 Å². The van der Waals surface area contributed by atoms with Crippen LogP contribution in [0.3, 0.4) is 0 Å². The molecular weight excluding hydrogens is 278 g/mol. The van der Waals surface area contributed by atoms with Gasteiger partial charge < -0.3 is 0 Å². The number of aryl methyl sites for hydroxylation is 3. The summed E-state index contributed by atoms with van der Waals surface area (Å²) in [5, 5.41) is 1.49. The highest BCUT2D eigenvalue weighted by molar-refractivity contribution is 7.18. The van der Waals surface area contributed by atoms with Crippen LogP contribution in [0.15, 0.2) is 18.5 Å². The molecule has 0 N–H and O–H groups in total. The average Bonchev–Trinajstić information content (AvgIpc) is 2.66. The number of nitrogens with zero attached hydrogens (tertiary/aromatic N) is 3. The number of fused-ring (bicyclic) bond motifs is 1. The molecule has 0 saturated carbocycles. The molecule has 0 saturated heterocycles. The van der Waals surface area contributed by atoms with Gasteiger partial charge in [-0.05, 0) is 38.0 Å². The van der Waals surface area contributed by atoms with Crippen LogP contribution in [0.2, 0.25) is 5.15 Å². The second-order valence-corrected chi connectivity index (χ2v) is 6.05. The van der Waals surface area contributed by atoms with Crippen LogP contribution >= 0.6 is 22.9 Å². The predicted octanol–water partition coefficient (Wildman–Crippen LogP) is 4.33. The van der Waals surface area contributed by atoms with E-state index in [1.54, 1.807) is 23.7 Å². The van der Waals surface area contributed by atoms with Gasteiger partial charge in [0.25, 0.3) is 0 Å². The number of rotatable bonds is 1. The number of hydrogen-bond acceptors (Lipinski definition) is 4. The molecule has 0 spiro atoms. The Hall–Kier alpha value is -1.52. The van der Waals surface area contributed by atoms with Gasteiger partial charge in [0.05, 0.1) is 5.39 Å². The van der Waals surface area contributed by atoms with Crippen molar-refractivity contribution in [2.24, 2.45) is 0 Å². The third-order valence-corrected chi connectivity index (χ3v) is 4.64. The molecule has 0 aliphatic heterocycles. The second kappa shape index (κ2) is 4.54. The minimum Gasteiger partial charge on any atom is -0.264 e. The molecule has 5 heteroatoms. The van der Waals surface area contributed by atoms with Crippen molar-refractivity contribution in [3.63, 3.8) is 0 Å². The van der Waals surface area contributed by atoms with Crippen molar-refractivity contribution in [3.8, 4) is 11.4 Å². The zero-order chi connectivity index (χ0) is 13.6. The minimum atomic E-state index is 0.519. The summed E-state index contributed by atoms with van der Waals surface area (Å²) in [6, 6.07) is 1.95. The van der Waals surface area contributed by atoms with E-state index in [-0.39, 0.29) is 0 Å². The Morgan fingerprint density at radius 3 is 2.68 bits per heavy atom. The lowest BCUT2D eigenvalue weighted by Gasteiger charge is -2.04. The molecule has 3 rings (SSSR count). The Kier molecular flexibility index (Phi) is 2.99. The van der Waals surface area contributed by atoms with Crippen LogP contribution in [0.1, 0.15) is 16.0 Å². The lowest BCUT2D eigenvalue weighted by Crippen LogP contribution is -1.93. The van der Waals surface area contributed by atoms with Crippen LogP contribution in [0.5, 0.6) is 0 Å². The van der Waals surface area contributed by atoms with Crippen molar-refractivity contribution in [2.45, 2.75) is 20.8 Å². The largest absolute Gasteiger partial charge is 0.264 e. The van der Waals surface area contributed by atoms with E-state index in [9.17, 15) is 0 Å². The highest BCUT2D eigenvalue weighted by Crippen LogP contribution is 2.34. The van der Waals surface area contributed by atoms with E-state index >= 15 is 0 Å². The molecule has 3 aromatic heterocycles. The predicted molar refractivity (Wildman–Crippen MR) is 79.9 cm³/mol. The van der Waals surface area contributed by atoms with Crippen molar-refractivity contribution in [1.82, 2.24) is 15.0 Å². The third-order valence-electron chi connectivity index (χ3n) is 3.26. The van der Waals surface area contributed by atoms with Crippen LogP contribution in [0, 0.1) is 20.8 Å². The maximum absolute atomic E-state index is 6.32. The Balaban J connectivity index is 2.30. The van der Waals surface area contributed by atoms with Crippen LogP contribution in [-0.2, 0) is 0 Å². The summed E-state index contributed by atoms with van der Waals surface area (Å²) in [5.74, 6) is 0.643. The molecule has 0 unspecified atom stereocenters. The minimum absolute atomic E-state index is 0.519. The molecule has 0 fully saturated rings. The third kappa shape index (κ3) is 2.01. The quantitative estimate of drug-likeness (QED) is 0.626. The van der Waals surface area contributed by atoms with E-state index in [0.717, 1.165) is 21.3 Å². The van der Waals surface area contributed by atoms with E-state index in [2.05, 4.69) is 28.8 Å². The first kappa shape index (κ1) is 12.5. The standard InChI is InChI=1S/C14H12ClN3S/c1-7-4-5-16-6-10(7)13-17-12(15)11-8(2)9(3)19-14(11)18-13/h4-6H,1-3H3. The molecule has 19 heavy (non-hydrogen) atoms. The molecular formula is C14H12ClN3S. The molecule has 3 nitrogen and oxygen atoms in total. The van der Waals surface area contributed by atoms with Gasteiger partial charge in [0.2, 0.25) is 0 Å². The van der Waals surface area contributed by atoms with E-state index < -0.39 is 0 Å². The maximum atomic E-state index is 6.32. The summed E-state index contributed by atoms with van der Waals surface area (Å²) in [6.07, 6.45) is 3.54. The van der Waals surface area contributed by atoms with Crippen molar-refractivity contribution in [2.75, 3.05) is 0 Å². The summed E-state index contributed by atoms with van der Waals surface area (Å²) in [6.45, 7) is 6.15. The summed E-state index contributed by atoms with van der Waals surface area (Å²) in [4.78, 5) is 15.4. The van der Waals surface area contributed by atoms with Crippen LogP contribution < -0.4 is 0 Å². The number of hydrogen-bond donors (Lipinski definition) is 0. The smallest absolute Gasteiger partial charge is 0.164 e. The van der Waals surface area contributed by atoms with E-state index in [0.29, 0.717) is 11.0 Å². The van der Waals surface area contributed by atoms with Crippen LogP contribution in [0.4, 0.5) is 0 Å². The highest BCUT2D eigenvalue weighted by atomic mass is 35.5. The second-order valence-electron chi connectivity index (χ2n) is 4.49. The number of thiophene rings is 1. The van der Waals surface area contributed by atoms with Crippen molar-refractivity contribution >= 4 is 33.2 Å². The van der Waals surface area contributed by atoms with Crippen LogP contribution in [0.25, 0.3) is 21.6 Å². The zero-order valence-electron chi connectivity index (χ0n) is 10.9. The lowest BCUT2D eigenvalue weighted by molar-refractivity contribution is 1.19. The van der Waals surface area contributed by atoms with E-state index in [1.165, 1.54) is 10.4 Å². The molecule has 0 atom stereocenters. The van der Waals surface area contributed by atoms with Gasteiger partial charge in [-0.25, -0.2) is 9.97 Å². The summed E-state index contributed by atoms with van der Waals surface area (Å²) in [5.41, 5.74) is 3.19. The monoisotopic (exact) mass is 289 g/mol. The molecule has 3 aromatic rings. The van der Waals surface area contributed by atoms with E-state index in [1.807, 2.05) is 13.0 Å². The highest BCUT2D eigenvalue weighted by Gasteiger charge is 2.14. The van der Waals surface area contributed by atoms with Crippen LogP contribution in [-0.4, -0.2) is 15.0 Å². The molecule has 3 heterocycles. The summed E-state index contributed by atoms with van der Waals surface area (Å²) in [7, 11) is 0. The zero-order valence-corrected chi connectivity index (χ0v) is 12.4. The number of pyridine rings is 1. The molecule has 0 radical (unpaired) electrons. The van der Waals surface area contributed by atoms with E-state index in [4.69, 9.17) is 11.6 Å². The number of halogens is 1. The van der Waals surface area contributed by atoms with Gasteiger partial charge in [0.15, 0.2) is 5.82 Å². The first-order chi connectivity index (χ1) is 9.08. The normalized spacial score (nSPS) is 11.2. The Labute approximate surface area is 120 Å². The van der Waals surface area contributed by atoms with Gasteiger partial charge in [-0.2, -0.15) is 0 Å². The fraction of sp³-hybridized carbons (Fsp3) is 0.214. The topological polar surface area (TPSA) is 38.7 Å². The summed E-state index contributed by atoms with van der Waals surface area (Å²) < 4.78 is 0. The molecule has 0 aliphatic carbocycles. The Morgan fingerprint density at radius 1 is 1.16 bits per heavy atom. The van der Waals surface area contributed by atoms with Crippen molar-refractivity contribution in [1.29, 1.82) is 0 Å². The van der Waals surface area contributed by atoms with Gasteiger partial charge >= 0.3 is 0 Å². The molecule has 0 bridgehead atoms. The molecule has 0 aromatic carbocycles.